The molecule has 2 N–H and O–H groups in total. The number of hydrogen-bond donors (Lipinski definition) is 2. The van der Waals surface area contributed by atoms with Crippen molar-refractivity contribution >= 4 is 23.3 Å². The molecule has 34 heavy (non-hydrogen) atoms. The predicted molar refractivity (Wildman–Crippen MR) is 136 cm³/mol. The van der Waals surface area contributed by atoms with Gasteiger partial charge in [-0.3, -0.25) is 9.69 Å². The summed E-state index contributed by atoms with van der Waals surface area (Å²) in [6.45, 7) is 3.21. The molecule has 0 radical (unpaired) electrons. The molecule has 3 aliphatic heterocycles. The van der Waals surface area contributed by atoms with E-state index >= 15 is 0 Å². The third kappa shape index (κ3) is 5.12. The lowest BCUT2D eigenvalue weighted by molar-refractivity contribution is -0.116. The molecule has 4 atom stereocenters. The molecule has 3 amide bonds. The number of likely N-dealkylation sites (tertiary alicyclic amines) is 1. The molecule has 6 nitrogen and oxygen atoms in total. The summed E-state index contributed by atoms with van der Waals surface area (Å²) in [4.78, 5) is 30.8. The van der Waals surface area contributed by atoms with Gasteiger partial charge in [0, 0.05) is 36.4 Å². The summed E-state index contributed by atoms with van der Waals surface area (Å²) in [7, 11) is 0. The lowest BCUT2D eigenvalue weighted by Crippen LogP contribution is -2.66. The second kappa shape index (κ2) is 10.6. The van der Waals surface area contributed by atoms with E-state index in [2.05, 4.69) is 20.4 Å². The molecule has 0 aromatic heterocycles. The summed E-state index contributed by atoms with van der Waals surface area (Å²) < 4.78 is 0. The molecule has 3 saturated heterocycles. The van der Waals surface area contributed by atoms with Crippen LogP contribution in [0.3, 0.4) is 0 Å². The number of carbonyl (C=O) groups is 2. The Bertz CT molecular complexity index is 965. The Labute approximate surface area is 202 Å². The maximum atomic E-state index is 13.5. The van der Waals surface area contributed by atoms with Crippen LogP contribution in [0.2, 0.25) is 0 Å². The normalized spacial score (nSPS) is 26.4. The van der Waals surface area contributed by atoms with Crippen LogP contribution in [0, 0.1) is 11.8 Å². The van der Waals surface area contributed by atoms with Gasteiger partial charge in [-0.1, -0.05) is 36.4 Å². The quantitative estimate of drug-likeness (QED) is 0.623. The first-order valence-electron chi connectivity index (χ1n) is 12.9. The zero-order valence-corrected chi connectivity index (χ0v) is 19.9. The van der Waals surface area contributed by atoms with Gasteiger partial charge in [-0.05, 0) is 87.7 Å². The smallest absolute Gasteiger partial charge is 0.322 e. The number of carbonyl (C=O) groups excluding carboxylic acids is 2. The highest BCUT2D eigenvalue weighted by Gasteiger charge is 2.49. The van der Waals surface area contributed by atoms with E-state index in [-0.39, 0.29) is 18.0 Å². The Kier molecular flexibility index (Phi) is 7.14. The second-order valence-electron chi connectivity index (χ2n) is 10.1. The number of nitrogens with zero attached hydrogens (tertiary/aromatic N) is 2. The highest BCUT2D eigenvalue weighted by atomic mass is 16.2. The van der Waals surface area contributed by atoms with Gasteiger partial charge in [-0.25, -0.2) is 4.79 Å². The van der Waals surface area contributed by atoms with Gasteiger partial charge in [0.25, 0.3) is 0 Å². The second-order valence-corrected chi connectivity index (χ2v) is 10.1. The summed E-state index contributed by atoms with van der Waals surface area (Å²) in [5.41, 5.74) is 1.67. The number of benzene rings is 2. The number of urea groups is 1. The Morgan fingerprint density at radius 1 is 0.853 bits per heavy atom. The van der Waals surface area contributed by atoms with Crippen molar-refractivity contribution in [3.63, 3.8) is 0 Å². The maximum Gasteiger partial charge on any atom is 0.322 e. The molecule has 5 rings (SSSR count). The fourth-order valence-electron chi connectivity index (χ4n) is 6.53. The number of anilines is 2. The highest BCUT2D eigenvalue weighted by molar-refractivity contribution is 5.91. The molecular formula is C28H36N4O2. The van der Waals surface area contributed by atoms with Gasteiger partial charge in [-0.2, -0.15) is 0 Å². The van der Waals surface area contributed by atoms with E-state index in [0.717, 1.165) is 30.8 Å². The molecule has 0 bridgehead atoms. The van der Waals surface area contributed by atoms with Crippen molar-refractivity contribution in [2.75, 3.05) is 30.3 Å². The van der Waals surface area contributed by atoms with E-state index in [0.29, 0.717) is 24.3 Å². The third-order valence-corrected chi connectivity index (χ3v) is 7.92. The zero-order chi connectivity index (χ0) is 23.3. The molecule has 0 spiro atoms. The molecule has 0 aliphatic carbocycles. The van der Waals surface area contributed by atoms with Gasteiger partial charge in [0.2, 0.25) is 5.91 Å². The number of hydrogen-bond acceptors (Lipinski definition) is 3. The molecular weight excluding hydrogens is 424 g/mol. The zero-order valence-electron chi connectivity index (χ0n) is 19.9. The van der Waals surface area contributed by atoms with Crippen molar-refractivity contribution in [2.45, 2.75) is 57.0 Å². The van der Waals surface area contributed by atoms with Crippen LogP contribution in [0.5, 0.6) is 0 Å². The molecule has 180 valence electrons. The molecule has 0 unspecified atom stereocenters. The van der Waals surface area contributed by atoms with Crippen LogP contribution < -0.4 is 10.6 Å². The molecule has 3 heterocycles. The summed E-state index contributed by atoms with van der Waals surface area (Å²) in [6, 6.07) is 20.1. The Morgan fingerprint density at radius 3 is 2.21 bits per heavy atom. The van der Waals surface area contributed by atoms with Crippen LogP contribution >= 0.6 is 0 Å². The maximum absolute atomic E-state index is 13.5. The van der Waals surface area contributed by atoms with Crippen molar-refractivity contribution in [3.8, 4) is 0 Å². The van der Waals surface area contributed by atoms with Crippen LogP contribution in [0.1, 0.15) is 44.9 Å². The van der Waals surface area contributed by atoms with Crippen LogP contribution in [-0.4, -0.2) is 53.5 Å². The lowest BCUT2D eigenvalue weighted by Gasteiger charge is -2.57. The summed E-state index contributed by atoms with van der Waals surface area (Å²) in [5.74, 6) is 1.09. The third-order valence-electron chi connectivity index (χ3n) is 7.92. The first kappa shape index (κ1) is 22.9. The number of piperidine rings is 3. The SMILES string of the molecule is O=C(CCC[C@@H]1[C@H]2CCCN3CCC[C@@H](CN1C(=O)Nc1ccccc1)[C@@H]23)Nc1ccccc1. The molecule has 3 fully saturated rings. The molecule has 6 heteroatoms. The predicted octanol–water partition coefficient (Wildman–Crippen LogP) is 5.20. The summed E-state index contributed by atoms with van der Waals surface area (Å²) in [5, 5.41) is 6.13. The van der Waals surface area contributed by atoms with Crippen molar-refractivity contribution in [2.24, 2.45) is 11.8 Å². The van der Waals surface area contributed by atoms with Gasteiger partial charge in [0.1, 0.15) is 0 Å². The van der Waals surface area contributed by atoms with Crippen molar-refractivity contribution in [3.05, 3.63) is 60.7 Å². The van der Waals surface area contributed by atoms with Gasteiger partial charge in [0.15, 0.2) is 0 Å². The first-order chi connectivity index (χ1) is 16.7. The Balaban J connectivity index is 1.28. The molecule has 2 aromatic carbocycles. The van der Waals surface area contributed by atoms with Gasteiger partial charge >= 0.3 is 6.03 Å². The first-order valence-corrected chi connectivity index (χ1v) is 12.9. The minimum absolute atomic E-state index is 0.00563. The average molecular weight is 461 g/mol. The fraction of sp³-hybridized carbons (Fsp3) is 0.500. The largest absolute Gasteiger partial charge is 0.326 e. The monoisotopic (exact) mass is 460 g/mol. The average Bonchev–Trinajstić information content (AvgIpc) is 2.86. The van der Waals surface area contributed by atoms with Crippen LogP contribution in [-0.2, 0) is 4.79 Å². The summed E-state index contributed by atoms with van der Waals surface area (Å²) >= 11 is 0. The minimum atomic E-state index is 0.00563. The van der Waals surface area contributed by atoms with E-state index in [4.69, 9.17) is 0 Å². The van der Waals surface area contributed by atoms with Crippen molar-refractivity contribution < 1.29 is 9.59 Å². The fourth-order valence-corrected chi connectivity index (χ4v) is 6.53. The minimum Gasteiger partial charge on any atom is -0.326 e. The van der Waals surface area contributed by atoms with Crippen molar-refractivity contribution in [1.82, 2.24) is 9.80 Å². The van der Waals surface area contributed by atoms with Gasteiger partial charge in [0.05, 0.1) is 0 Å². The van der Waals surface area contributed by atoms with Crippen LogP contribution in [0.25, 0.3) is 0 Å². The highest BCUT2D eigenvalue weighted by Crippen LogP contribution is 2.43. The Morgan fingerprint density at radius 2 is 1.50 bits per heavy atom. The van der Waals surface area contributed by atoms with E-state index in [1.807, 2.05) is 60.7 Å². The molecule has 0 saturated carbocycles. The number of amides is 3. The van der Waals surface area contributed by atoms with E-state index < -0.39 is 0 Å². The number of nitrogens with one attached hydrogen (secondary N) is 2. The number of rotatable bonds is 6. The van der Waals surface area contributed by atoms with E-state index in [1.165, 1.54) is 38.8 Å². The van der Waals surface area contributed by atoms with Gasteiger partial charge in [-0.15, -0.1) is 0 Å². The Hall–Kier alpha value is -2.86. The van der Waals surface area contributed by atoms with E-state index in [9.17, 15) is 9.59 Å². The van der Waals surface area contributed by atoms with Gasteiger partial charge < -0.3 is 15.5 Å². The standard InChI is InChI=1S/C28H36N4O2/c33-26(29-22-11-3-1-4-12-22)17-7-16-25-24-15-9-19-31-18-8-10-21(27(24)31)20-32(25)28(34)30-23-13-5-2-6-14-23/h1-6,11-14,21,24-25,27H,7-10,15-20H2,(H,29,33)(H,30,34)/t21-,24+,25+,27-/m0/s1. The topological polar surface area (TPSA) is 64.7 Å². The summed E-state index contributed by atoms with van der Waals surface area (Å²) in [6.07, 6.45) is 6.94. The number of para-hydroxylation sites is 2. The lowest BCUT2D eigenvalue weighted by atomic mass is 9.69. The van der Waals surface area contributed by atoms with E-state index in [1.54, 1.807) is 0 Å². The molecule has 3 aliphatic rings. The van der Waals surface area contributed by atoms with Crippen molar-refractivity contribution in [1.29, 1.82) is 0 Å². The van der Waals surface area contributed by atoms with Crippen LogP contribution in [0.4, 0.5) is 16.2 Å². The van der Waals surface area contributed by atoms with Crippen LogP contribution in [0.15, 0.2) is 60.7 Å². The molecule has 2 aromatic rings.